The molecule has 2 aromatic rings. The lowest BCUT2D eigenvalue weighted by Crippen LogP contribution is -2.11. The summed E-state index contributed by atoms with van der Waals surface area (Å²) < 4.78 is 0. The van der Waals surface area contributed by atoms with Crippen molar-refractivity contribution in [1.82, 2.24) is 9.97 Å². The molecule has 0 unspecified atom stereocenters. The van der Waals surface area contributed by atoms with Gasteiger partial charge in [0.2, 0.25) is 5.95 Å². The highest BCUT2D eigenvalue weighted by Gasteiger charge is 2.05. The predicted molar refractivity (Wildman–Crippen MR) is 110 cm³/mol. The smallest absolute Gasteiger partial charge is 0.224 e. The highest BCUT2D eigenvalue weighted by atomic mass is 15.1. The van der Waals surface area contributed by atoms with Crippen molar-refractivity contribution in [3.8, 4) is 0 Å². The van der Waals surface area contributed by atoms with E-state index in [1.165, 1.54) is 31.2 Å². The zero-order valence-corrected chi connectivity index (χ0v) is 15.8. The van der Waals surface area contributed by atoms with Crippen LogP contribution in [0.2, 0.25) is 0 Å². The summed E-state index contributed by atoms with van der Waals surface area (Å²) in [6.07, 6.45) is 10.8. The van der Waals surface area contributed by atoms with Gasteiger partial charge < -0.3 is 10.6 Å². The van der Waals surface area contributed by atoms with Gasteiger partial charge in [-0.05, 0) is 57.4 Å². The van der Waals surface area contributed by atoms with Gasteiger partial charge in [0.25, 0.3) is 0 Å². The Bertz CT molecular complexity index is 709. The number of benzene rings is 1. The van der Waals surface area contributed by atoms with E-state index in [-0.39, 0.29) is 0 Å². The first-order valence-corrected chi connectivity index (χ1v) is 9.85. The van der Waals surface area contributed by atoms with Crippen LogP contribution in [0.3, 0.4) is 0 Å². The third-order valence-electron chi connectivity index (χ3n) is 4.76. The minimum atomic E-state index is 0.729. The molecular weight excluding hydrogens is 320 g/mol. The molecule has 26 heavy (non-hydrogen) atoms. The average Bonchev–Trinajstić information content (AvgIpc) is 2.67. The normalized spacial score (nSPS) is 14.0. The van der Waals surface area contributed by atoms with Crippen LogP contribution in [-0.4, -0.2) is 23.1 Å². The van der Waals surface area contributed by atoms with E-state index in [9.17, 15) is 0 Å². The lowest BCUT2D eigenvalue weighted by atomic mass is 9.97. The van der Waals surface area contributed by atoms with Crippen LogP contribution in [0.25, 0.3) is 0 Å². The van der Waals surface area contributed by atoms with Gasteiger partial charge in [-0.2, -0.15) is 4.98 Å². The molecule has 4 nitrogen and oxygen atoms in total. The molecular formula is C22H30N4. The highest BCUT2D eigenvalue weighted by Crippen LogP contribution is 2.20. The maximum Gasteiger partial charge on any atom is 0.224 e. The van der Waals surface area contributed by atoms with Crippen LogP contribution in [0.5, 0.6) is 0 Å². The number of rotatable bonds is 9. The molecule has 138 valence electrons. The van der Waals surface area contributed by atoms with Crippen LogP contribution < -0.4 is 10.6 Å². The van der Waals surface area contributed by atoms with E-state index in [1.807, 2.05) is 13.0 Å². The number of nitrogens with one attached hydrogen (secondary N) is 2. The van der Waals surface area contributed by atoms with Crippen molar-refractivity contribution in [2.45, 2.75) is 51.9 Å². The van der Waals surface area contributed by atoms with Crippen molar-refractivity contribution in [1.29, 1.82) is 0 Å². The number of hydrogen-bond acceptors (Lipinski definition) is 4. The molecule has 2 N–H and O–H groups in total. The fraction of sp³-hybridized carbons (Fsp3) is 0.455. The second-order valence-corrected chi connectivity index (χ2v) is 7.02. The zero-order chi connectivity index (χ0) is 18.0. The Labute approximate surface area is 157 Å². The molecule has 0 spiro atoms. The van der Waals surface area contributed by atoms with Crippen LogP contribution in [0, 0.1) is 6.92 Å². The number of nitrogens with zero attached hydrogens (tertiary/aromatic N) is 2. The summed E-state index contributed by atoms with van der Waals surface area (Å²) in [5, 5.41) is 6.82. The lowest BCUT2D eigenvalue weighted by molar-refractivity contribution is 0.679. The zero-order valence-electron chi connectivity index (χ0n) is 15.8. The van der Waals surface area contributed by atoms with Crippen LogP contribution in [-0.2, 0) is 6.42 Å². The van der Waals surface area contributed by atoms with Gasteiger partial charge in [0.1, 0.15) is 5.82 Å². The Hall–Kier alpha value is -2.36. The molecule has 0 saturated carbocycles. The van der Waals surface area contributed by atoms with Gasteiger partial charge in [0.15, 0.2) is 0 Å². The standard InChI is InChI=1S/C22H30N4/c1-18-17-21(23-15-8-13-19-9-4-2-5-10-19)26-22(25-18)24-16-14-20-11-6-3-7-12-20/h2,4-5,9-11,17H,3,6-8,12-16H2,1H3,(H2,23,24,25,26). The van der Waals surface area contributed by atoms with Crippen molar-refractivity contribution < 1.29 is 0 Å². The average molecular weight is 351 g/mol. The molecule has 0 aliphatic heterocycles. The summed E-state index contributed by atoms with van der Waals surface area (Å²) >= 11 is 0. The molecule has 4 heteroatoms. The Morgan fingerprint density at radius 1 is 0.962 bits per heavy atom. The first-order valence-electron chi connectivity index (χ1n) is 9.85. The van der Waals surface area contributed by atoms with E-state index in [0.29, 0.717) is 0 Å². The first-order chi connectivity index (χ1) is 12.8. The maximum absolute atomic E-state index is 4.61. The van der Waals surface area contributed by atoms with E-state index in [0.717, 1.165) is 49.8 Å². The third-order valence-corrected chi connectivity index (χ3v) is 4.76. The van der Waals surface area contributed by atoms with E-state index in [1.54, 1.807) is 5.57 Å². The number of hydrogen-bond donors (Lipinski definition) is 2. The van der Waals surface area contributed by atoms with E-state index in [2.05, 4.69) is 57.0 Å². The summed E-state index contributed by atoms with van der Waals surface area (Å²) in [5.74, 6) is 1.64. The molecule has 0 atom stereocenters. The van der Waals surface area contributed by atoms with Crippen LogP contribution in [0.1, 0.15) is 49.8 Å². The lowest BCUT2D eigenvalue weighted by Gasteiger charge is -2.13. The van der Waals surface area contributed by atoms with Gasteiger partial charge in [-0.15, -0.1) is 0 Å². The molecule has 1 aromatic heterocycles. The largest absolute Gasteiger partial charge is 0.370 e. The summed E-state index contributed by atoms with van der Waals surface area (Å²) in [4.78, 5) is 9.12. The molecule has 1 heterocycles. The molecule has 1 aliphatic carbocycles. The summed E-state index contributed by atoms with van der Waals surface area (Å²) in [6, 6.07) is 12.6. The second-order valence-electron chi connectivity index (χ2n) is 7.02. The van der Waals surface area contributed by atoms with Gasteiger partial charge in [-0.1, -0.05) is 42.0 Å². The fourth-order valence-corrected chi connectivity index (χ4v) is 3.36. The predicted octanol–water partition coefficient (Wildman–Crippen LogP) is 5.13. The molecule has 1 aromatic carbocycles. The summed E-state index contributed by atoms with van der Waals surface area (Å²) in [6.45, 7) is 3.84. The molecule has 0 amide bonds. The van der Waals surface area contributed by atoms with Gasteiger partial charge in [0.05, 0.1) is 0 Å². The second kappa shape index (κ2) is 9.95. The van der Waals surface area contributed by atoms with E-state index >= 15 is 0 Å². The number of aromatic nitrogens is 2. The minimum Gasteiger partial charge on any atom is -0.370 e. The van der Waals surface area contributed by atoms with Gasteiger partial charge >= 0.3 is 0 Å². The van der Waals surface area contributed by atoms with Crippen LogP contribution in [0.4, 0.5) is 11.8 Å². The third kappa shape index (κ3) is 6.17. The quantitative estimate of drug-likeness (QED) is 0.486. The van der Waals surface area contributed by atoms with Gasteiger partial charge in [0, 0.05) is 24.8 Å². The Balaban J connectivity index is 1.43. The van der Waals surface area contributed by atoms with Crippen molar-refractivity contribution in [3.63, 3.8) is 0 Å². The Morgan fingerprint density at radius 3 is 2.65 bits per heavy atom. The molecule has 0 radical (unpaired) electrons. The molecule has 0 saturated heterocycles. The number of aryl methyl sites for hydroxylation is 2. The van der Waals surface area contributed by atoms with Crippen molar-refractivity contribution in [2.75, 3.05) is 23.7 Å². The van der Waals surface area contributed by atoms with Crippen molar-refractivity contribution in [3.05, 3.63) is 59.3 Å². The highest BCUT2D eigenvalue weighted by molar-refractivity contribution is 5.42. The first kappa shape index (κ1) is 18.4. The monoisotopic (exact) mass is 350 g/mol. The van der Waals surface area contributed by atoms with Gasteiger partial charge in [-0.25, -0.2) is 4.98 Å². The Kier molecular flexibility index (Phi) is 7.05. The molecule has 1 aliphatic rings. The molecule has 0 bridgehead atoms. The number of anilines is 2. The summed E-state index contributed by atoms with van der Waals surface area (Å²) in [7, 11) is 0. The van der Waals surface area contributed by atoms with Crippen LogP contribution in [0.15, 0.2) is 48.0 Å². The minimum absolute atomic E-state index is 0.729. The van der Waals surface area contributed by atoms with Crippen LogP contribution >= 0.6 is 0 Å². The SMILES string of the molecule is Cc1cc(NCCCc2ccccc2)nc(NCCC2=CCCCC2)n1. The van der Waals surface area contributed by atoms with Crippen molar-refractivity contribution in [2.24, 2.45) is 0 Å². The van der Waals surface area contributed by atoms with E-state index < -0.39 is 0 Å². The van der Waals surface area contributed by atoms with E-state index in [4.69, 9.17) is 0 Å². The fourth-order valence-electron chi connectivity index (χ4n) is 3.36. The topological polar surface area (TPSA) is 49.8 Å². The number of allylic oxidation sites excluding steroid dienone is 1. The van der Waals surface area contributed by atoms with Crippen molar-refractivity contribution >= 4 is 11.8 Å². The molecule has 0 fully saturated rings. The Morgan fingerprint density at radius 2 is 1.85 bits per heavy atom. The van der Waals surface area contributed by atoms with Gasteiger partial charge in [-0.3, -0.25) is 0 Å². The summed E-state index contributed by atoms with van der Waals surface area (Å²) in [5.41, 5.74) is 3.95. The molecule has 3 rings (SSSR count). The maximum atomic E-state index is 4.61.